The normalized spacial score (nSPS) is 31.4. The van der Waals surface area contributed by atoms with E-state index in [1.165, 1.54) is 5.56 Å². The van der Waals surface area contributed by atoms with Crippen LogP contribution in [0.4, 0.5) is 4.39 Å². The van der Waals surface area contributed by atoms with Gasteiger partial charge in [0.25, 0.3) is 0 Å². The molecule has 1 saturated heterocycles. The summed E-state index contributed by atoms with van der Waals surface area (Å²) in [5.41, 5.74) is 7.20. The lowest BCUT2D eigenvalue weighted by Gasteiger charge is -2.53. The standard InChI is InChI=1S/C24H33FN2O3/c25-14-18(15-26)16-30-21-5-3-19(4-6-21)23-7-10-24(11-8-23,12-9-23)22(28)27-20-2-1-13-29-17-20/h3-6,14,20H,1-2,7-13,15-17,26H2,(H,27,28)/b18-14+. The number of fused-ring (bicyclic) bond motifs is 3. The molecule has 3 aliphatic carbocycles. The predicted molar refractivity (Wildman–Crippen MR) is 114 cm³/mol. The summed E-state index contributed by atoms with van der Waals surface area (Å²) in [7, 11) is 0. The van der Waals surface area contributed by atoms with Crippen LogP contribution in [-0.4, -0.2) is 38.3 Å². The lowest BCUT2D eigenvalue weighted by atomic mass is 9.51. The Bertz CT molecular complexity index is 747. The SMILES string of the molecule is NC/C(=C\F)COc1ccc(C23CCC(C(=O)NC4CCCOC4)(CC2)CC3)cc1. The van der Waals surface area contributed by atoms with Crippen molar-refractivity contribution in [1.29, 1.82) is 0 Å². The molecule has 5 nitrogen and oxygen atoms in total. The second-order valence-electron chi connectivity index (χ2n) is 9.23. The number of ether oxygens (including phenoxy) is 2. The van der Waals surface area contributed by atoms with Gasteiger partial charge >= 0.3 is 0 Å². The largest absolute Gasteiger partial charge is 0.489 e. The molecule has 1 aliphatic heterocycles. The third-order valence-electron chi connectivity index (χ3n) is 7.53. The van der Waals surface area contributed by atoms with Gasteiger partial charge in [-0.15, -0.1) is 0 Å². The van der Waals surface area contributed by atoms with Crippen molar-refractivity contribution in [3.8, 4) is 5.75 Å². The van der Waals surface area contributed by atoms with Crippen LogP contribution in [0.2, 0.25) is 0 Å². The fourth-order valence-electron chi connectivity index (χ4n) is 5.37. The average Bonchev–Trinajstić information content (AvgIpc) is 2.82. The van der Waals surface area contributed by atoms with E-state index in [1.807, 2.05) is 12.1 Å². The summed E-state index contributed by atoms with van der Waals surface area (Å²) in [4.78, 5) is 13.1. The van der Waals surface area contributed by atoms with Crippen molar-refractivity contribution in [3.05, 3.63) is 41.7 Å². The highest BCUT2D eigenvalue weighted by Gasteiger charge is 2.53. The van der Waals surface area contributed by atoms with Gasteiger partial charge in [-0.05, 0) is 74.5 Å². The highest BCUT2D eigenvalue weighted by molar-refractivity contribution is 5.83. The van der Waals surface area contributed by atoms with E-state index in [1.54, 1.807) is 0 Å². The second kappa shape index (κ2) is 9.06. The van der Waals surface area contributed by atoms with E-state index in [-0.39, 0.29) is 35.9 Å². The second-order valence-corrected chi connectivity index (χ2v) is 9.23. The van der Waals surface area contributed by atoms with Gasteiger partial charge in [-0.3, -0.25) is 4.79 Å². The molecule has 3 saturated carbocycles. The molecule has 1 atom stereocenters. The van der Waals surface area contributed by atoms with Crippen LogP contribution < -0.4 is 15.8 Å². The van der Waals surface area contributed by atoms with E-state index in [0.717, 1.165) is 63.7 Å². The van der Waals surface area contributed by atoms with Crippen molar-refractivity contribution in [1.82, 2.24) is 5.32 Å². The number of hydrogen-bond acceptors (Lipinski definition) is 4. The number of amides is 1. The minimum atomic E-state index is -0.195. The number of hydrogen-bond donors (Lipinski definition) is 2. The van der Waals surface area contributed by atoms with E-state index >= 15 is 0 Å². The Kier molecular flexibility index (Phi) is 6.44. The zero-order valence-corrected chi connectivity index (χ0v) is 17.6. The maximum Gasteiger partial charge on any atom is 0.226 e. The maximum atomic E-state index is 13.1. The Morgan fingerprint density at radius 1 is 1.20 bits per heavy atom. The topological polar surface area (TPSA) is 73.6 Å². The molecule has 1 aromatic carbocycles. The molecule has 0 spiro atoms. The van der Waals surface area contributed by atoms with Crippen molar-refractivity contribution in [2.24, 2.45) is 11.1 Å². The van der Waals surface area contributed by atoms with Crippen LogP contribution in [-0.2, 0) is 14.9 Å². The molecule has 1 heterocycles. The fourth-order valence-corrected chi connectivity index (χ4v) is 5.37. The molecule has 2 bridgehead atoms. The summed E-state index contributed by atoms with van der Waals surface area (Å²) >= 11 is 0. The highest BCUT2D eigenvalue weighted by atomic mass is 19.1. The van der Waals surface area contributed by atoms with Gasteiger partial charge in [-0.1, -0.05) is 12.1 Å². The van der Waals surface area contributed by atoms with Crippen LogP contribution in [0.25, 0.3) is 0 Å². The lowest BCUT2D eigenvalue weighted by Crippen LogP contribution is -2.54. The third-order valence-corrected chi connectivity index (χ3v) is 7.53. The smallest absolute Gasteiger partial charge is 0.226 e. The van der Waals surface area contributed by atoms with Gasteiger partial charge in [-0.2, -0.15) is 0 Å². The minimum Gasteiger partial charge on any atom is -0.489 e. The highest BCUT2D eigenvalue weighted by Crippen LogP contribution is 2.58. The van der Waals surface area contributed by atoms with E-state index < -0.39 is 0 Å². The molecule has 6 heteroatoms. The molecule has 5 rings (SSSR count). The summed E-state index contributed by atoms with van der Waals surface area (Å²) in [6.45, 7) is 1.78. The molecule has 1 unspecified atom stereocenters. The summed E-state index contributed by atoms with van der Waals surface area (Å²) < 4.78 is 23.8. The zero-order valence-electron chi connectivity index (χ0n) is 17.6. The Balaban J connectivity index is 1.36. The van der Waals surface area contributed by atoms with Crippen LogP contribution in [0.15, 0.2) is 36.2 Å². The number of carbonyl (C=O) groups is 1. The summed E-state index contributed by atoms with van der Waals surface area (Å²) in [6.07, 6.45) is 8.55. The van der Waals surface area contributed by atoms with Gasteiger partial charge < -0.3 is 20.5 Å². The Hall–Kier alpha value is -1.92. The van der Waals surface area contributed by atoms with Crippen LogP contribution in [0.5, 0.6) is 5.75 Å². The Labute approximate surface area is 178 Å². The summed E-state index contributed by atoms with van der Waals surface area (Å²) in [5.74, 6) is 0.963. The number of rotatable bonds is 7. The van der Waals surface area contributed by atoms with Crippen molar-refractivity contribution in [3.63, 3.8) is 0 Å². The number of nitrogens with one attached hydrogen (secondary N) is 1. The summed E-state index contributed by atoms with van der Waals surface area (Å²) in [5, 5.41) is 3.28. The molecule has 0 aromatic heterocycles. The van der Waals surface area contributed by atoms with Gasteiger partial charge in [0.15, 0.2) is 0 Å². The monoisotopic (exact) mass is 416 g/mol. The first-order valence-corrected chi connectivity index (χ1v) is 11.2. The molecule has 30 heavy (non-hydrogen) atoms. The average molecular weight is 417 g/mol. The Morgan fingerprint density at radius 3 is 2.47 bits per heavy atom. The van der Waals surface area contributed by atoms with Gasteiger partial charge in [0.2, 0.25) is 5.91 Å². The summed E-state index contributed by atoms with van der Waals surface area (Å²) in [6, 6.07) is 8.36. The first kappa shape index (κ1) is 21.3. The van der Waals surface area contributed by atoms with Gasteiger partial charge in [0.05, 0.1) is 19.0 Å². The molecular formula is C24H33FN2O3. The molecule has 4 aliphatic rings. The number of carbonyl (C=O) groups excluding carboxylic acids is 1. The molecular weight excluding hydrogens is 383 g/mol. The van der Waals surface area contributed by atoms with Crippen molar-refractivity contribution < 1.29 is 18.7 Å². The van der Waals surface area contributed by atoms with Gasteiger partial charge in [-0.25, -0.2) is 4.39 Å². The van der Waals surface area contributed by atoms with Crippen LogP contribution in [0.3, 0.4) is 0 Å². The molecule has 3 N–H and O–H groups in total. The van der Waals surface area contributed by atoms with Gasteiger partial charge in [0, 0.05) is 24.1 Å². The first-order chi connectivity index (χ1) is 14.6. The van der Waals surface area contributed by atoms with E-state index in [4.69, 9.17) is 15.2 Å². The third kappa shape index (κ3) is 4.26. The van der Waals surface area contributed by atoms with E-state index in [9.17, 15) is 9.18 Å². The van der Waals surface area contributed by atoms with Crippen LogP contribution in [0, 0.1) is 5.41 Å². The van der Waals surface area contributed by atoms with E-state index in [2.05, 4.69) is 17.4 Å². The Morgan fingerprint density at radius 2 is 1.90 bits per heavy atom. The van der Waals surface area contributed by atoms with Crippen molar-refractivity contribution in [2.45, 2.75) is 62.8 Å². The molecule has 1 aromatic rings. The fraction of sp³-hybridized carbons (Fsp3) is 0.625. The first-order valence-electron chi connectivity index (χ1n) is 11.2. The lowest BCUT2D eigenvalue weighted by molar-refractivity contribution is -0.139. The predicted octanol–water partition coefficient (Wildman–Crippen LogP) is 3.76. The minimum absolute atomic E-state index is 0.154. The maximum absolute atomic E-state index is 13.1. The van der Waals surface area contributed by atoms with E-state index in [0.29, 0.717) is 18.5 Å². The quantitative estimate of drug-likeness (QED) is 0.710. The molecule has 4 fully saturated rings. The zero-order chi connectivity index (χ0) is 21.0. The van der Waals surface area contributed by atoms with Crippen LogP contribution in [0.1, 0.15) is 56.9 Å². The van der Waals surface area contributed by atoms with Crippen molar-refractivity contribution in [2.75, 3.05) is 26.4 Å². The number of benzene rings is 1. The molecule has 164 valence electrons. The van der Waals surface area contributed by atoms with Gasteiger partial charge in [0.1, 0.15) is 12.4 Å². The number of nitrogens with two attached hydrogens (primary N) is 1. The molecule has 0 radical (unpaired) electrons. The van der Waals surface area contributed by atoms with Crippen LogP contribution >= 0.6 is 0 Å². The number of halogens is 1. The molecule has 1 amide bonds. The van der Waals surface area contributed by atoms with Crippen molar-refractivity contribution >= 4 is 5.91 Å².